The van der Waals surface area contributed by atoms with Crippen molar-refractivity contribution < 1.29 is 19.4 Å². The lowest BCUT2D eigenvalue weighted by molar-refractivity contribution is -0.118. The highest BCUT2D eigenvalue weighted by Crippen LogP contribution is 2.24. The zero-order valence-corrected chi connectivity index (χ0v) is 10.3. The molecule has 1 rings (SSSR count). The average Bonchev–Trinajstić information content (AvgIpc) is 2.34. The third-order valence-electron chi connectivity index (χ3n) is 2.45. The molecule has 6 nitrogen and oxygen atoms in total. The second-order valence-corrected chi connectivity index (χ2v) is 3.67. The number of nitrogens with two attached hydrogens (primary N) is 1. The first-order valence-electron chi connectivity index (χ1n) is 5.44. The maximum atomic E-state index is 12.0. The highest BCUT2D eigenvalue weighted by molar-refractivity contribution is 5.98. The number of nitrogens with zero attached hydrogens (tertiary/aromatic N) is 1. The predicted octanol–water partition coefficient (Wildman–Crippen LogP) is 0.348. The molecule has 0 atom stereocenters. The van der Waals surface area contributed by atoms with Crippen molar-refractivity contribution in [1.29, 1.82) is 0 Å². The standard InChI is InChI=1S/C12H16N2O4/c1-3-14(7-11(13)16)12(17)9-5-4-8(18-2)6-10(9)15/h4-6,15H,3,7H2,1-2H3,(H2,13,16). The molecule has 0 saturated carbocycles. The zero-order chi connectivity index (χ0) is 13.7. The summed E-state index contributed by atoms with van der Waals surface area (Å²) in [6.07, 6.45) is 0. The fourth-order valence-electron chi connectivity index (χ4n) is 1.50. The van der Waals surface area contributed by atoms with E-state index < -0.39 is 11.8 Å². The third kappa shape index (κ3) is 3.13. The van der Waals surface area contributed by atoms with Gasteiger partial charge < -0.3 is 20.5 Å². The summed E-state index contributed by atoms with van der Waals surface area (Å²) >= 11 is 0. The van der Waals surface area contributed by atoms with E-state index in [1.807, 2.05) is 0 Å². The molecule has 0 aromatic heterocycles. The van der Waals surface area contributed by atoms with Crippen LogP contribution in [0.15, 0.2) is 18.2 Å². The van der Waals surface area contributed by atoms with Gasteiger partial charge in [-0.15, -0.1) is 0 Å². The van der Waals surface area contributed by atoms with Crippen LogP contribution >= 0.6 is 0 Å². The Hall–Kier alpha value is -2.24. The monoisotopic (exact) mass is 252 g/mol. The highest BCUT2D eigenvalue weighted by atomic mass is 16.5. The fraction of sp³-hybridized carbons (Fsp3) is 0.333. The maximum absolute atomic E-state index is 12.0. The molecule has 3 N–H and O–H groups in total. The SMILES string of the molecule is CCN(CC(N)=O)C(=O)c1ccc(OC)cc1O. The van der Waals surface area contributed by atoms with Crippen LogP contribution in [0.2, 0.25) is 0 Å². The van der Waals surface area contributed by atoms with Crippen LogP contribution in [0.4, 0.5) is 0 Å². The van der Waals surface area contributed by atoms with Crippen LogP contribution in [0.1, 0.15) is 17.3 Å². The number of hydrogen-bond acceptors (Lipinski definition) is 4. The highest BCUT2D eigenvalue weighted by Gasteiger charge is 2.19. The molecule has 6 heteroatoms. The summed E-state index contributed by atoms with van der Waals surface area (Å²) < 4.78 is 4.92. The number of rotatable bonds is 5. The number of carbonyl (C=O) groups excluding carboxylic acids is 2. The van der Waals surface area contributed by atoms with Gasteiger partial charge in [-0.2, -0.15) is 0 Å². The Morgan fingerprint density at radius 1 is 1.44 bits per heavy atom. The van der Waals surface area contributed by atoms with E-state index in [9.17, 15) is 14.7 Å². The van der Waals surface area contributed by atoms with Crippen molar-refractivity contribution in [2.75, 3.05) is 20.2 Å². The molecule has 0 bridgehead atoms. The van der Waals surface area contributed by atoms with E-state index in [0.29, 0.717) is 12.3 Å². The normalized spacial score (nSPS) is 9.89. The van der Waals surface area contributed by atoms with Gasteiger partial charge in [0.25, 0.3) is 5.91 Å². The average molecular weight is 252 g/mol. The number of methoxy groups -OCH3 is 1. The van der Waals surface area contributed by atoms with Crippen molar-refractivity contribution >= 4 is 11.8 Å². The summed E-state index contributed by atoms with van der Waals surface area (Å²) in [4.78, 5) is 24.1. The summed E-state index contributed by atoms with van der Waals surface area (Å²) in [5.74, 6) is -0.793. The molecule has 98 valence electrons. The van der Waals surface area contributed by atoms with E-state index in [-0.39, 0.29) is 17.9 Å². The number of benzene rings is 1. The maximum Gasteiger partial charge on any atom is 0.258 e. The second kappa shape index (κ2) is 5.90. The molecule has 0 spiro atoms. The van der Waals surface area contributed by atoms with Gasteiger partial charge in [-0.25, -0.2) is 0 Å². The van der Waals surface area contributed by atoms with Gasteiger partial charge in [0.05, 0.1) is 19.2 Å². The van der Waals surface area contributed by atoms with E-state index in [1.54, 1.807) is 13.0 Å². The lowest BCUT2D eigenvalue weighted by Gasteiger charge is -2.19. The first-order chi connectivity index (χ1) is 8.49. The van der Waals surface area contributed by atoms with Gasteiger partial charge in [-0.3, -0.25) is 9.59 Å². The van der Waals surface area contributed by atoms with Gasteiger partial charge in [-0.1, -0.05) is 0 Å². The number of carbonyl (C=O) groups is 2. The molecule has 0 aliphatic rings. The number of likely N-dealkylation sites (N-methyl/N-ethyl adjacent to an activating group) is 1. The number of phenolic OH excluding ortho intramolecular Hbond substituents is 1. The Morgan fingerprint density at radius 2 is 2.11 bits per heavy atom. The summed E-state index contributed by atoms with van der Waals surface area (Å²) in [6.45, 7) is 1.87. The zero-order valence-electron chi connectivity index (χ0n) is 10.3. The second-order valence-electron chi connectivity index (χ2n) is 3.67. The van der Waals surface area contributed by atoms with Crippen LogP contribution in [0.25, 0.3) is 0 Å². The number of aromatic hydroxyl groups is 1. The first-order valence-corrected chi connectivity index (χ1v) is 5.44. The van der Waals surface area contributed by atoms with Gasteiger partial charge in [-0.05, 0) is 19.1 Å². The lowest BCUT2D eigenvalue weighted by Crippen LogP contribution is -2.38. The summed E-state index contributed by atoms with van der Waals surface area (Å²) in [5, 5.41) is 9.73. The molecule has 0 unspecified atom stereocenters. The molecule has 0 aliphatic heterocycles. The molecule has 0 saturated heterocycles. The van der Waals surface area contributed by atoms with E-state index in [0.717, 1.165) is 0 Å². The van der Waals surface area contributed by atoms with Crippen molar-refractivity contribution in [2.24, 2.45) is 5.73 Å². The molecule has 0 radical (unpaired) electrons. The fourth-order valence-corrected chi connectivity index (χ4v) is 1.50. The molecule has 0 aliphatic carbocycles. The Balaban J connectivity index is 2.98. The molecule has 1 aromatic carbocycles. The number of amides is 2. The van der Waals surface area contributed by atoms with E-state index in [1.165, 1.54) is 24.1 Å². The minimum atomic E-state index is -0.599. The van der Waals surface area contributed by atoms with Crippen LogP contribution in [0.5, 0.6) is 11.5 Å². The molecular formula is C12H16N2O4. The Kier molecular flexibility index (Phi) is 4.53. The number of ether oxygens (including phenoxy) is 1. The lowest BCUT2D eigenvalue weighted by atomic mass is 10.1. The van der Waals surface area contributed by atoms with Crippen LogP contribution in [0.3, 0.4) is 0 Å². The summed E-state index contributed by atoms with van der Waals surface area (Å²) in [6, 6.07) is 4.34. The van der Waals surface area contributed by atoms with Crippen LogP contribution in [0, 0.1) is 0 Å². The van der Waals surface area contributed by atoms with Crippen LogP contribution in [-0.2, 0) is 4.79 Å². The Morgan fingerprint density at radius 3 is 2.56 bits per heavy atom. The van der Waals surface area contributed by atoms with E-state index in [4.69, 9.17) is 10.5 Å². The van der Waals surface area contributed by atoms with Crippen LogP contribution in [-0.4, -0.2) is 42.0 Å². The third-order valence-corrected chi connectivity index (χ3v) is 2.45. The number of primary amides is 1. The van der Waals surface area contributed by atoms with E-state index >= 15 is 0 Å². The predicted molar refractivity (Wildman–Crippen MR) is 65.4 cm³/mol. The quantitative estimate of drug-likeness (QED) is 0.790. The van der Waals surface area contributed by atoms with Gasteiger partial charge in [0.1, 0.15) is 11.5 Å². The Bertz CT molecular complexity index is 459. The van der Waals surface area contributed by atoms with Crippen molar-refractivity contribution in [2.45, 2.75) is 6.92 Å². The minimum Gasteiger partial charge on any atom is -0.507 e. The summed E-state index contributed by atoms with van der Waals surface area (Å²) in [5.41, 5.74) is 5.16. The van der Waals surface area contributed by atoms with Crippen molar-refractivity contribution in [3.05, 3.63) is 23.8 Å². The Labute approximate surface area is 105 Å². The molecule has 1 aromatic rings. The number of hydrogen-bond donors (Lipinski definition) is 2. The van der Waals surface area contributed by atoms with Crippen molar-refractivity contribution in [3.63, 3.8) is 0 Å². The molecule has 18 heavy (non-hydrogen) atoms. The number of phenols is 1. The van der Waals surface area contributed by atoms with Crippen LogP contribution < -0.4 is 10.5 Å². The van der Waals surface area contributed by atoms with Gasteiger partial charge in [0.2, 0.25) is 5.91 Å². The topological polar surface area (TPSA) is 92.9 Å². The molecule has 0 fully saturated rings. The molecule has 2 amide bonds. The first kappa shape index (κ1) is 13.8. The van der Waals surface area contributed by atoms with E-state index in [2.05, 4.69) is 0 Å². The largest absolute Gasteiger partial charge is 0.507 e. The molecule has 0 heterocycles. The summed E-state index contributed by atoms with van der Waals surface area (Å²) in [7, 11) is 1.46. The van der Waals surface area contributed by atoms with Crippen molar-refractivity contribution in [1.82, 2.24) is 4.90 Å². The van der Waals surface area contributed by atoms with Gasteiger partial charge >= 0.3 is 0 Å². The van der Waals surface area contributed by atoms with Gasteiger partial charge in [0, 0.05) is 12.6 Å². The van der Waals surface area contributed by atoms with Gasteiger partial charge in [0.15, 0.2) is 0 Å². The smallest absolute Gasteiger partial charge is 0.258 e. The minimum absolute atomic E-state index is 0.110. The van der Waals surface area contributed by atoms with Crippen molar-refractivity contribution in [3.8, 4) is 11.5 Å². The molecular weight excluding hydrogens is 236 g/mol.